The van der Waals surface area contributed by atoms with Gasteiger partial charge in [-0.25, -0.2) is 4.98 Å². The predicted octanol–water partition coefficient (Wildman–Crippen LogP) is 2.72. The van der Waals surface area contributed by atoms with Crippen LogP contribution in [0.5, 0.6) is 5.75 Å². The molecule has 1 spiro atoms. The molecule has 29 heavy (non-hydrogen) atoms. The Labute approximate surface area is 171 Å². The number of carbonyl (C=O) groups excluding carboxylic acids is 1. The molecule has 0 atom stereocenters. The van der Waals surface area contributed by atoms with Crippen molar-refractivity contribution in [2.75, 3.05) is 45.3 Å². The van der Waals surface area contributed by atoms with E-state index in [2.05, 4.69) is 16.4 Å². The Balaban J connectivity index is 1.31. The molecule has 2 aromatic rings. The van der Waals surface area contributed by atoms with E-state index in [1.54, 1.807) is 19.4 Å². The first kappa shape index (κ1) is 19.7. The maximum absolute atomic E-state index is 12.9. The quantitative estimate of drug-likeness (QED) is 0.808. The van der Waals surface area contributed by atoms with Crippen molar-refractivity contribution < 1.29 is 19.0 Å². The van der Waals surface area contributed by atoms with Crippen LogP contribution in [0.2, 0.25) is 0 Å². The van der Waals surface area contributed by atoms with E-state index in [0.29, 0.717) is 37.7 Å². The average Bonchev–Trinajstić information content (AvgIpc) is 3.22. The first-order chi connectivity index (χ1) is 14.2. The lowest BCUT2D eigenvalue weighted by Gasteiger charge is -2.37. The Morgan fingerprint density at radius 2 is 2.00 bits per heavy atom. The Morgan fingerprint density at radius 1 is 1.21 bits per heavy atom. The molecule has 0 unspecified atom stereocenters. The number of methoxy groups -OCH3 is 1. The van der Waals surface area contributed by atoms with Gasteiger partial charge in [0.25, 0.3) is 5.91 Å². The van der Waals surface area contributed by atoms with Gasteiger partial charge < -0.3 is 24.4 Å². The first-order valence-corrected chi connectivity index (χ1v) is 10.1. The second-order valence-corrected chi connectivity index (χ2v) is 7.36. The minimum atomic E-state index is -0.470. The Kier molecular flexibility index (Phi) is 5.97. The zero-order chi connectivity index (χ0) is 20.1. The van der Waals surface area contributed by atoms with Crippen LogP contribution in [0.15, 0.2) is 42.6 Å². The lowest BCUT2D eigenvalue weighted by atomic mass is 10.0. The number of likely N-dealkylation sites (tertiary alicyclic amines) is 1. The Hall–Kier alpha value is -2.64. The van der Waals surface area contributed by atoms with Crippen molar-refractivity contribution in [2.24, 2.45) is 0 Å². The summed E-state index contributed by atoms with van der Waals surface area (Å²) in [7, 11) is 1.67. The van der Waals surface area contributed by atoms with E-state index in [1.807, 2.05) is 29.2 Å². The molecule has 7 heteroatoms. The number of benzene rings is 1. The Bertz CT molecular complexity index is 841. The summed E-state index contributed by atoms with van der Waals surface area (Å²) >= 11 is 0. The summed E-state index contributed by atoms with van der Waals surface area (Å²) in [6, 6.07) is 11.6. The van der Waals surface area contributed by atoms with Gasteiger partial charge in [-0.3, -0.25) is 4.79 Å². The SMILES string of the molecule is COc1cccc(CCNc2cc(C(=O)N3CCC4(CC3)OCCO4)ccn2)c1. The summed E-state index contributed by atoms with van der Waals surface area (Å²) in [5, 5.41) is 3.31. The second kappa shape index (κ2) is 8.80. The number of hydrogen-bond acceptors (Lipinski definition) is 6. The number of anilines is 1. The van der Waals surface area contributed by atoms with E-state index < -0.39 is 5.79 Å². The second-order valence-electron chi connectivity index (χ2n) is 7.36. The maximum atomic E-state index is 12.9. The van der Waals surface area contributed by atoms with Gasteiger partial charge in [0.1, 0.15) is 11.6 Å². The number of pyridine rings is 1. The van der Waals surface area contributed by atoms with Crippen molar-refractivity contribution in [2.45, 2.75) is 25.0 Å². The van der Waals surface area contributed by atoms with Crippen LogP contribution >= 0.6 is 0 Å². The number of ether oxygens (including phenoxy) is 3. The fraction of sp³-hybridized carbons (Fsp3) is 0.455. The average molecular weight is 397 g/mol. The molecule has 2 saturated heterocycles. The molecule has 4 rings (SSSR count). The van der Waals surface area contributed by atoms with Crippen LogP contribution in [-0.2, 0) is 15.9 Å². The molecule has 154 valence electrons. The first-order valence-electron chi connectivity index (χ1n) is 10.1. The van der Waals surface area contributed by atoms with Crippen LogP contribution in [0.25, 0.3) is 0 Å². The maximum Gasteiger partial charge on any atom is 0.254 e. The molecule has 3 heterocycles. The van der Waals surface area contributed by atoms with Crippen LogP contribution < -0.4 is 10.1 Å². The lowest BCUT2D eigenvalue weighted by Crippen LogP contribution is -2.47. The standard InChI is InChI=1S/C22H27N3O4/c1-27-19-4-2-3-17(15-19)5-9-23-20-16-18(6-10-24-20)21(26)25-11-7-22(8-12-25)28-13-14-29-22/h2-4,6,10,15-16H,5,7-9,11-14H2,1H3,(H,23,24). The van der Waals surface area contributed by atoms with E-state index in [-0.39, 0.29) is 5.91 Å². The molecule has 0 bridgehead atoms. The highest BCUT2D eigenvalue weighted by molar-refractivity contribution is 5.94. The topological polar surface area (TPSA) is 72.9 Å². The van der Waals surface area contributed by atoms with E-state index in [1.165, 1.54) is 5.56 Å². The van der Waals surface area contributed by atoms with Crippen molar-refractivity contribution in [3.05, 3.63) is 53.7 Å². The van der Waals surface area contributed by atoms with E-state index >= 15 is 0 Å². The van der Waals surface area contributed by atoms with Gasteiger partial charge >= 0.3 is 0 Å². The van der Waals surface area contributed by atoms with Crippen molar-refractivity contribution >= 4 is 11.7 Å². The molecule has 1 aromatic carbocycles. The monoisotopic (exact) mass is 397 g/mol. The predicted molar refractivity (Wildman–Crippen MR) is 109 cm³/mol. The Morgan fingerprint density at radius 3 is 2.76 bits per heavy atom. The summed E-state index contributed by atoms with van der Waals surface area (Å²) in [5.74, 6) is 1.11. The molecule has 0 saturated carbocycles. The molecule has 0 radical (unpaired) electrons. The molecule has 2 aliphatic heterocycles. The van der Waals surface area contributed by atoms with Crippen molar-refractivity contribution in [3.8, 4) is 5.75 Å². The van der Waals surface area contributed by atoms with Gasteiger partial charge in [-0.15, -0.1) is 0 Å². The zero-order valence-electron chi connectivity index (χ0n) is 16.7. The molecule has 2 fully saturated rings. The number of rotatable bonds is 6. The van der Waals surface area contributed by atoms with Crippen molar-refractivity contribution in [3.63, 3.8) is 0 Å². The molecule has 1 amide bonds. The fourth-order valence-electron chi connectivity index (χ4n) is 3.84. The van der Waals surface area contributed by atoms with Crippen LogP contribution in [-0.4, -0.2) is 61.5 Å². The highest BCUT2D eigenvalue weighted by atomic mass is 16.7. The molecular formula is C22H27N3O4. The van der Waals surface area contributed by atoms with Gasteiger partial charge in [-0.1, -0.05) is 12.1 Å². The number of carbonyl (C=O) groups is 1. The summed E-state index contributed by atoms with van der Waals surface area (Å²) in [6.45, 7) is 3.28. The number of piperidine rings is 1. The third-order valence-corrected chi connectivity index (χ3v) is 5.49. The number of nitrogens with one attached hydrogen (secondary N) is 1. The normalized spacial score (nSPS) is 18.0. The van der Waals surface area contributed by atoms with Gasteiger partial charge in [-0.05, 0) is 36.2 Å². The zero-order valence-corrected chi connectivity index (χ0v) is 16.7. The molecule has 2 aliphatic rings. The third kappa shape index (κ3) is 4.68. The highest BCUT2D eigenvalue weighted by Gasteiger charge is 2.40. The molecule has 0 aliphatic carbocycles. The molecule has 7 nitrogen and oxygen atoms in total. The number of amides is 1. The van der Waals surface area contributed by atoms with Gasteiger partial charge in [0.05, 0.1) is 20.3 Å². The van der Waals surface area contributed by atoms with E-state index in [9.17, 15) is 4.79 Å². The summed E-state index contributed by atoms with van der Waals surface area (Å²) in [4.78, 5) is 19.1. The third-order valence-electron chi connectivity index (χ3n) is 5.49. The van der Waals surface area contributed by atoms with E-state index in [4.69, 9.17) is 14.2 Å². The lowest BCUT2D eigenvalue weighted by molar-refractivity contribution is -0.181. The largest absolute Gasteiger partial charge is 0.497 e. The number of hydrogen-bond donors (Lipinski definition) is 1. The molecule has 1 N–H and O–H groups in total. The number of aromatic nitrogens is 1. The number of nitrogens with zero attached hydrogens (tertiary/aromatic N) is 2. The molecule has 1 aromatic heterocycles. The van der Waals surface area contributed by atoms with Gasteiger partial charge in [-0.2, -0.15) is 0 Å². The summed E-state index contributed by atoms with van der Waals surface area (Å²) < 4.78 is 16.7. The van der Waals surface area contributed by atoms with Crippen molar-refractivity contribution in [1.29, 1.82) is 0 Å². The minimum Gasteiger partial charge on any atom is -0.497 e. The van der Waals surface area contributed by atoms with Gasteiger partial charge in [0, 0.05) is 44.2 Å². The van der Waals surface area contributed by atoms with Crippen LogP contribution in [0.4, 0.5) is 5.82 Å². The highest BCUT2D eigenvalue weighted by Crippen LogP contribution is 2.31. The minimum absolute atomic E-state index is 0.0242. The fourth-order valence-corrected chi connectivity index (χ4v) is 3.84. The van der Waals surface area contributed by atoms with Crippen molar-refractivity contribution in [1.82, 2.24) is 9.88 Å². The van der Waals surface area contributed by atoms with Crippen LogP contribution in [0, 0.1) is 0 Å². The van der Waals surface area contributed by atoms with Crippen LogP contribution in [0.3, 0.4) is 0 Å². The van der Waals surface area contributed by atoms with Crippen LogP contribution in [0.1, 0.15) is 28.8 Å². The molecular weight excluding hydrogens is 370 g/mol. The summed E-state index contributed by atoms with van der Waals surface area (Å²) in [6.07, 6.45) is 3.95. The smallest absolute Gasteiger partial charge is 0.254 e. The summed E-state index contributed by atoms with van der Waals surface area (Å²) in [5.41, 5.74) is 1.83. The van der Waals surface area contributed by atoms with Gasteiger partial charge in [0.2, 0.25) is 0 Å². The van der Waals surface area contributed by atoms with Gasteiger partial charge in [0.15, 0.2) is 5.79 Å². The van der Waals surface area contributed by atoms with E-state index in [0.717, 1.165) is 31.6 Å².